The first kappa shape index (κ1) is 19.2. The van der Waals surface area contributed by atoms with Gasteiger partial charge < -0.3 is 10.4 Å². The molecule has 2 nitrogen and oxygen atoms in total. The number of unbranched alkanes of at least 4 members (excludes halogenated alkanes) is 1. The van der Waals surface area contributed by atoms with Crippen LogP contribution in [0.2, 0.25) is 0 Å². The van der Waals surface area contributed by atoms with Gasteiger partial charge in [-0.05, 0) is 60.4 Å². The minimum atomic E-state index is 0.272. The van der Waals surface area contributed by atoms with Gasteiger partial charge in [-0.15, -0.1) is 0 Å². The van der Waals surface area contributed by atoms with Crippen LogP contribution in [-0.4, -0.2) is 11.7 Å². The molecule has 3 rings (SSSR count). The first-order valence-corrected chi connectivity index (χ1v) is 9.89. The van der Waals surface area contributed by atoms with Crippen LogP contribution >= 0.6 is 0 Å². The summed E-state index contributed by atoms with van der Waals surface area (Å²) in [5, 5.41) is 12.7. The molecule has 0 spiro atoms. The third-order valence-corrected chi connectivity index (χ3v) is 4.90. The second-order valence-electron chi connectivity index (χ2n) is 7.00. The van der Waals surface area contributed by atoms with Gasteiger partial charge in [-0.2, -0.15) is 0 Å². The van der Waals surface area contributed by atoms with Gasteiger partial charge in [0.25, 0.3) is 0 Å². The topological polar surface area (TPSA) is 32.3 Å². The van der Waals surface area contributed by atoms with Crippen molar-refractivity contribution in [3.63, 3.8) is 0 Å². The molecule has 27 heavy (non-hydrogen) atoms. The number of anilines is 1. The summed E-state index contributed by atoms with van der Waals surface area (Å²) in [4.78, 5) is 0. The molecule has 0 aliphatic heterocycles. The summed E-state index contributed by atoms with van der Waals surface area (Å²) in [6.45, 7) is 1.10. The fourth-order valence-corrected chi connectivity index (χ4v) is 3.32. The summed E-state index contributed by atoms with van der Waals surface area (Å²) in [5.74, 6) is 0. The maximum atomic E-state index is 9.02. The average molecular weight is 360 g/mol. The highest BCUT2D eigenvalue weighted by Gasteiger charge is 2.06. The Morgan fingerprint density at radius 3 is 2.04 bits per heavy atom. The van der Waals surface area contributed by atoms with Crippen LogP contribution in [0.15, 0.2) is 78.9 Å². The molecule has 0 aliphatic carbocycles. The molecular weight excluding hydrogens is 330 g/mol. The van der Waals surface area contributed by atoms with Crippen LogP contribution < -0.4 is 5.32 Å². The van der Waals surface area contributed by atoms with Crippen molar-refractivity contribution in [1.82, 2.24) is 0 Å². The van der Waals surface area contributed by atoms with Crippen LogP contribution in [0.25, 0.3) is 0 Å². The Kier molecular flexibility index (Phi) is 7.49. The average Bonchev–Trinajstić information content (AvgIpc) is 2.73. The number of rotatable bonds is 10. The van der Waals surface area contributed by atoms with Crippen molar-refractivity contribution >= 4 is 5.69 Å². The molecule has 2 N–H and O–H groups in total. The van der Waals surface area contributed by atoms with E-state index in [2.05, 4.69) is 84.2 Å². The van der Waals surface area contributed by atoms with Gasteiger partial charge in [0.15, 0.2) is 0 Å². The van der Waals surface area contributed by atoms with E-state index in [4.69, 9.17) is 5.11 Å². The van der Waals surface area contributed by atoms with Crippen molar-refractivity contribution in [2.45, 2.75) is 38.6 Å². The summed E-state index contributed by atoms with van der Waals surface area (Å²) in [7, 11) is 0. The highest BCUT2D eigenvalue weighted by molar-refractivity contribution is 5.54. The number of hydrogen-bond donors (Lipinski definition) is 2. The molecule has 0 aromatic heterocycles. The number of nitrogens with one attached hydrogen (secondary N) is 1. The van der Waals surface area contributed by atoms with Crippen LogP contribution in [0.4, 0.5) is 5.69 Å². The van der Waals surface area contributed by atoms with Crippen molar-refractivity contribution in [3.8, 4) is 0 Å². The number of aliphatic hydroxyl groups excluding tert-OH is 1. The third-order valence-electron chi connectivity index (χ3n) is 4.90. The van der Waals surface area contributed by atoms with E-state index in [9.17, 15) is 0 Å². The Bertz CT molecular complexity index is 799. The van der Waals surface area contributed by atoms with Crippen LogP contribution in [0.3, 0.4) is 0 Å². The van der Waals surface area contributed by atoms with Gasteiger partial charge in [0.05, 0.1) is 0 Å². The van der Waals surface area contributed by atoms with Gasteiger partial charge in [0, 0.05) is 18.8 Å². The number of aryl methyl sites for hydroxylation is 3. The highest BCUT2D eigenvalue weighted by atomic mass is 16.2. The van der Waals surface area contributed by atoms with E-state index in [1.165, 1.54) is 27.9 Å². The zero-order chi connectivity index (χ0) is 18.7. The molecule has 0 unspecified atom stereocenters. The summed E-state index contributed by atoms with van der Waals surface area (Å²) in [6, 6.07) is 28.0. The fraction of sp³-hybridized carbons (Fsp3) is 0.280. The lowest BCUT2D eigenvalue weighted by atomic mass is 9.99. The van der Waals surface area contributed by atoms with Crippen LogP contribution in [0.5, 0.6) is 0 Å². The predicted molar refractivity (Wildman–Crippen MR) is 114 cm³/mol. The third kappa shape index (κ3) is 6.26. The second-order valence-corrected chi connectivity index (χ2v) is 7.00. The molecule has 0 saturated carbocycles. The molecule has 0 radical (unpaired) electrons. The molecule has 3 aromatic rings. The van der Waals surface area contributed by atoms with E-state index in [1.54, 1.807) is 0 Å². The minimum Gasteiger partial charge on any atom is -0.396 e. The van der Waals surface area contributed by atoms with Crippen molar-refractivity contribution in [3.05, 3.63) is 101 Å². The fourth-order valence-electron chi connectivity index (χ4n) is 3.32. The van der Waals surface area contributed by atoms with Crippen molar-refractivity contribution in [2.75, 3.05) is 11.9 Å². The number of benzene rings is 3. The standard InChI is InChI=1S/C25H29NO/c27-18-8-7-11-22-15-17-24(16-14-21-9-3-1-4-10-21)25(19-22)26-20-23-12-5-2-6-13-23/h1-6,9-10,12-13,15,17,19,26-27H,7-8,11,14,16,18,20H2. The summed E-state index contributed by atoms with van der Waals surface area (Å²) < 4.78 is 0. The van der Waals surface area contributed by atoms with Crippen LogP contribution in [0.1, 0.15) is 35.1 Å². The lowest BCUT2D eigenvalue weighted by molar-refractivity contribution is 0.284. The first-order valence-electron chi connectivity index (χ1n) is 9.89. The van der Waals surface area contributed by atoms with Gasteiger partial charge in [0.1, 0.15) is 0 Å². The molecule has 0 saturated heterocycles. The zero-order valence-electron chi connectivity index (χ0n) is 15.9. The molecule has 0 aliphatic rings. The first-order chi connectivity index (χ1) is 13.3. The Hall–Kier alpha value is -2.58. The van der Waals surface area contributed by atoms with E-state index < -0.39 is 0 Å². The van der Waals surface area contributed by atoms with Crippen molar-refractivity contribution < 1.29 is 5.11 Å². The van der Waals surface area contributed by atoms with Gasteiger partial charge in [-0.1, -0.05) is 72.8 Å². The molecular formula is C25H29NO. The predicted octanol–water partition coefficient (Wildman–Crippen LogP) is 5.40. The monoisotopic (exact) mass is 359 g/mol. The van der Waals surface area contributed by atoms with Gasteiger partial charge in [0.2, 0.25) is 0 Å². The Balaban J connectivity index is 1.71. The molecule has 0 atom stereocenters. The van der Waals surface area contributed by atoms with Crippen LogP contribution in [-0.2, 0) is 25.8 Å². The Morgan fingerprint density at radius 1 is 0.630 bits per heavy atom. The Labute approximate surface area is 162 Å². The SMILES string of the molecule is OCCCCc1ccc(CCc2ccccc2)c(NCc2ccccc2)c1. The quantitative estimate of drug-likeness (QED) is 0.475. The van der Waals surface area contributed by atoms with Gasteiger partial charge >= 0.3 is 0 Å². The number of aliphatic hydroxyl groups is 1. The number of hydrogen-bond acceptors (Lipinski definition) is 2. The summed E-state index contributed by atoms with van der Waals surface area (Å²) in [6.07, 6.45) is 4.98. The minimum absolute atomic E-state index is 0.272. The zero-order valence-corrected chi connectivity index (χ0v) is 15.9. The highest BCUT2D eigenvalue weighted by Crippen LogP contribution is 2.22. The van der Waals surface area contributed by atoms with E-state index >= 15 is 0 Å². The van der Waals surface area contributed by atoms with E-state index in [1.807, 2.05) is 0 Å². The summed E-state index contributed by atoms with van der Waals surface area (Å²) >= 11 is 0. The normalized spacial score (nSPS) is 10.7. The maximum Gasteiger partial charge on any atom is 0.0431 e. The molecule has 140 valence electrons. The van der Waals surface area contributed by atoms with E-state index in [-0.39, 0.29) is 6.61 Å². The molecule has 0 heterocycles. The smallest absolute Gasteiger partial charge is 0.0431 e. The van der Waals surface area contributed by atoms with Crippen molar-refractivity contribution in [2.24, 2.45) is 0 Å². The molecule has 2 heteroatoms. The van der Waals surface area contributed by atoms with Gasteiger partial charge in [-0.25, -0.2) is 0 Å². The Morgan fingerprint density at radius 2 is 1.33 bits per heavy atom. The lowest BCUT2D eigenvalue weighted by Crippen LogP contribution is -2.04. The van der Waals surface area contributed by atoms with E-state index in [0.29, 0.717) is 0 Å². The second kappa shape index (κ2) is 10.5. The maximum absolute atomic E-state index is 9.02. The molecule has 0 bridgehead atoms. The van der Waals surface area contributed by atoms with Crippen molar-refractivity contribution in [1.29, 1.82) is 0 Å². The lowest BCUT2D eigenvalue weighted by Gasteiger charge is -2.15. The molecule has 0 amide bonds. The van der Waals surface area contributed by atoms with E-state index in [0.717, 1.165) is 38.6 Å². The molecule has 0 fully saturated rings. The summed E-state index contributed by atoms with van der Waals surface area (Å²) in [5.41, 5.74) is 6.59. The van der Waals surface area contributed by atoms with Crippen LogP contribution in [0, 0.1) is 0 Å². The van der Waals surface area contributed by atoms with Gasteiger partial charge in [-0.3, -0.25) is 0 Å². The largest absolute Gasteiger partial charge is 0.396 e. The molecule has 3 aromatic carbocycles.